The van der Waals surface area contributed by atoms with Crippen LogP contribution in [0.3, 0.4) is 0 Å². The molecule has 0 saturated carbocycles. The molecule has 1 aromatic carbocycles. The fourth-order valence-electron chi connectivity index (χ4n) is 3.36. The standard InChI is InChI=1S/C20H22F2N2O3S2/c1-11-10-12(27-19(21)22)8-9-14(11)23-20(28)24-17-16(18(25)26-2)13-6-4-3-5-7-15(13)29-17/h8-10,19H,3-7H2,1-2H3,(H2,23,24,28). The van der Waals surface area contributed by atoms with Gasteiger partial charge in [0.1, 0.15) is 10.8 Å². The first-order valence-corrected chi connectivity index (χ1v) is 10.5. The number of nitrogens with one attached hydrogen (secondary N) is 2. The van der Waals surface area contributed by atoms with Crippen LogP contribution < -0.4 is 15.4 Å². The predicted molar refractivity (Wildman–Crippen MR) is 115 cm³/mol. The number of methoxy groups -OCH3 is 1. The van der Waals surface area contributed by atoms with E-state index in [1.54, 1.807) is 13.0 Å². The second-order valence-corrected chi connectivity index (χ2v) is 8.21. The van der Waals surface area contributed by atoms with Crippen molar-refractivity contribution in [3.05, 3.63) is 39.8 Å². The Morgan fingerprint density at radius 3 is 2.66 bits per heavy atom. The van der Waals surface area contributed by atoms with Gasteiger partial charge in [0.15, 0.2) is 5.11 Å². The molecule has 0 fully saturated rings. The van der Waals surface area contributed by atoms with Gasteiger partial charge in [0.2, 0.25) is 0 Å². The summed E-state index contributed by atoms with van der Waals surface area (Å²) < 4.78 is 34.1. The molecule has 0 unspecified atom stereocenters. The highest BCUT2D eigenvalue weighted by molar-refractivity contribution is 7.80. The molecule has 1 aliphatic carbocycles. The summed E-state index contributed by atoms with van der Waals surface area (Å²) in [4.78, 5) is 13.6. The maximum absolute atomic E-state index is 12.4. The lowest BCUT2D eigenvalue weighted by atomic mass is 10.1. The molecular formula is C20H22F2N2O3S2. The number of rotatable bonds is 5. The zero-order valence-electron chi connectivity index (χ0n) is 16.1. The van der Waals surface area contributed by atoms with Crippen LogP contribution in [0.4, 0.5) is 19.5 Å². The first-order valence-electron chi connectivity index (χ1n) is 9.25. The van der Waals surface area contributed by atoms with E-state index in [1.165, 1.54) is 35.5 Å². The Morgan fingerprint density at radius 1 is 1.21 bits per heavy atom. The minimum atomic E-state index is -2.87. The van der Waals surface area contributed by atoms with E-state index in [4.69, 9.17) is 17.0 Å². The number of thiocarbonyl (C=S) groups is 1. The van der Waals surface area contributed by atoms with Crippen LogP contribution in [0, 0.1) is 6.92 Å². The van der Waals surface area contributed by atoms with Gasteiger partial charge in [0.05, 0.1) is 12.7 Å². The van der Waals surface area contributed by atoms with Gasteiger partial charge in [-0.25, -0.2) is 4.79 Å². The van der Waals surface area contributed by atoms with Gasteiger partial charge in [-0.05, 0) is 74.2 Å². The largest absolute Gasteiger partial charge is 0.465 e. The number of ether oxygens (including phenoxy) is 2. The summed E-state index contributed by atoms with van der Waals surface area (Å²) in [7, 11) is 1.37. The molecule has 0 saturated heterocycles. The van der Waals surface area contributed by atoms with Crippen LogP contribution in [0.5, 0.6) is 5.75 Å². The number of thiophene rings is 1. The van der Waals surface area contributed by atoms with Gasteiger partial charge in [-0.3, -0.25) is 0 Å². The number of esters is 1. The van der Waals surface area contributed by atoms with Gasteiger partial charge < -0.3 is 20.1 Å². The molecule has 2 aromatic rings. The Bertz CT molecular complexity index is 915. The first kappa shape index (κ1) is 21.4. The van der Waals surface area contributed by atoms with E-state index >= 15 is 0 Å². The lowest BCUT2D eigenvalue weighted by Crippen LogP contribution is -2.20. The molecule has 2 N–H and O–H groups in total. The average Bonchev–Trinajstić information content (AvgIpc) is 2.83. The zero-order valence-corrected chi connectivity index (χ0v) is 17.8. The maximum Gasteiger partial charge on any atom is 0.387 e. The van der Waals surface area contributed by atoms with Gasteiger partial charge in [-0.2, -0.15) is 8.78 Å². The molecule has 3 rings (SSSR count). The number of hydrogen-bond donors (Lipinski definition) is 2. The van der Waals surface area contributed by atoms with Gasteiger partial charge >= 0.3 is 12.6 Å². The van der Waals surface area contributed by atoms with Gasteiger partial charge in [0, 0.05) is 10.6 Å². The lowest BCUT2D eigenvalue weighted by molar-refractivity contribution is -0.0498. The fourth-order valence-corrected chi connectivity index (χ4v) is 4.92. The van der Waals surface area contributed by atoms with Gasteiger partial charge in [-0.1, -0.05) is 6.42 Å². The van der Waals surface area contributed by atoms with Crippen LogP contribution >= 0.6 is 23.6 Å². The molecule has 1 heterocycles. The molecular weight excluding hydrogens is 418 g/mol. The second kappa shape index (κ2) is 9.49. The molecule has 0 amide bonds. The summed E-state index contributed by atoms with van der Waals surface area (Å²) in [6, 6.07) is 4.56. The number of aryl methyl sites for hydroxylation is 2. The van der Waals surface area contributed by atoms with Crippen molar-refractivity contribution < 1.29 is 23.0 Å². The number of hydrogen-bond acceptors (Lipinski definition) is 5. The topological polar surface area (TPSA) is 59.6 Å². The highest BCUT2D eigenvalue weighted by atomic mass is 32.1. The minimum Gasteiger partial charge on any atom is -0.465 e. The Kier molecular flexibility index (Phi) is 7.02. The first-order chi connectivity index (χ1) is 13.9. The van der Waals surface area contributed by atoms with E-state index in [0.29, 0.717) is 26.9 Å². The monoisotopic (exact) mass is 440 g/mol. The van der Waals surface area contributed by atoms with Crippen molar-refractivity contribution in [3.63, 3.8) is 0 Å². The number of carbonyl (C=O) groups excluding carboxylic acids is 1. The van der Waals surface area contributed by atoms with Crippen molar-refractivity contribution in [2.75, 3.05) is 17.7 Å². The summed E-state index contributed by atoms with van der Waals surface area (Å²) >= 11 is 6.94. The van der Waals surface area contributed by atoms with E-state index in [1.807, 2.05) is 0 Å². The zero-order chi connectivity index (χ0) is 21.0. The second-order valence-electron chi connectivity index (χ2n) is 6.69. The molecule has 1 aliphatic rings. The van der Waals surface area contributed by atoms with Crippen LogP contribution in [-0.2, 0) is 17.6 Å². The number of alkyl halides is 2. The number of halogens is 2. The van der Waals surface area contributed by atoms with Crippen molar-refractivity contribution in [2.45, 2.75) is 45.6 Å². The predicted octanol–water partition coefficient (Wildman–Crippen LogP) is 5.52. The lowest BCUT2D eigenvalue weighted by Gasteiger charge is -2.14. The molecule has 1 aromatic heterocycles. The quantitative estimate of drug-likeness (QED) is 0.363. The molecule has 29 heavy (non-hydrogen) atoms. The summed E-state index contributed by atoms with van der Waals surface area (Å²) in [6.07, 6.45) is 5.08. The van der Waals surface area contributed by atoms with Crippen molar-refractivity contribution in [3.8, 4) is 5.75 Å². The van der Waals surface area contributed by atoms with Gasteiger partial charge in [-0.15, -0.1) is 11.3 Å². The third-order valence-corrected chi connectivity index (χ3v) is 6.12. The van der Waals surface area contributed by atoms with E-state index < -0.39 is 6.61 Å². The molecule has 0 radical (unpaired) electrons. The molecule has 0 bridgehead atoms. The van der Waals surface area contributed by atoms with Crippen LogP contribution in [-0.4, -0.2) is 24.8 Å². The molecule has 5 nitrogen and oxygen atoms in total. The summed E-state index contributed by atoms with van der Waals surface area (Å²) in [5, 5.41) is 7.13. The number of carbonyl (C=O) groups is 1. The number of fused-ring (bicyclic) bond motifs is 1. The van der Waals surface area contributed by atoms with Crippen molar-refractivity contribution in [2.24, 2.45) is 0 Å². The third-order valence-electron chi connectivity index (χ3n) is 4.71. The van der Waals surface area contributed by atoms with E-state index in [-0.39, 0.29) is 11.7 Å². The van der Waals surface area contributed by atoms with Crippen LogP contribution in [0.25, 0.3) is 0 Å². The Hall–Kier alpha value is -2.26. The number of anilines is 2. The van der Waals surface area contributed by atoms with Crippen LogP contribution in [0.2, 0.25) is 0 Å². The molecule has 0 spiro atoms. The van der Waals surface area contributed by atoms with E-state index in [9.17, 15) is 13.6 Å². The molecule has 0 aliphatic heterocycles. The van der Waals surface area contributed by atoms with Crippen LogP contribution in [0.15, 0.2) is 18.2 Å². The van der Waals surface area contributed by atoms with E-state index in [2.05, 4.69) is 15.4 Å². The highest BCUT2D eigenvalue weighted by Gasteiger charge is 2.25. The fraction of sp³-hybridized carbons (Fsp3) is 0.400. The maximum atomic E-state index is 12.4. The summed E-state index contributed by atoms with van der Waals surface area (Å²) in [5.41, 5.74) is 2.95. The Balaban J connectivity index is 1.78. The average molecular weight is 441 g/mol. The minimum absolute atomic E-state index is 0.0805. The Morgan fingerprint density at radius 2 is 1.97 bits per heavy atom. The van der Waals surface area contributed by atoms with Gasteiger partial charge in [0.25, 0.3) is 0 Å². The molecule has 0 atom stereocenters. The third kappa shape index (κ3) is 5.22. The van der Waals surface area contributed by atoms with Crippen molar-refractivity contribution >= 4 is 45.3 Å². The highest BCUT2D eigenvalue weighted by Crippen LogP contribution is 2.38. The Labute approximate surface area is 177 Å². The molecule has 156 valence electrons. The summed E-state index contributed by atoms with van der Waals surface area (Å²) in [6.45, 7) is -1.11. The van der Waals surface area contributed by atoms with Crippen molar-refractivity contribution in [1.82, 2.24) is 0 Å². The van der Waals surface area contributed by atoms with E-state index in [0.717, 1.165) is 37.7 Å². The smallest absolute Gasteiger partial charge is 0.387 e. The van der Waals surface area contributed by atoms with Crippen LogP contribution in [0.1, 0.15) is 45.6 Å². The number of benzene rings is 1. The normalized spacial score (nSPS) is 13.4. The summed E-state index contributed by atoms with van der Waals surface area (Å²) in [5.74, 6) is -0.295. The molecule has 9 heteroatoms. The SMILES string of the molecule is COC(=O)c1c(NC(=S)Nc2ccc(OC(F)F)cc2C)sc2c1CCCCC2. The van der Waals surface area contributed by atoms with Crippen molar-refractivity contribution in [1.29, 1.82) is 0 Å².